The molecule has 0 aliphatic heterocycles. The zero-order valence-corrected chi connectivity index (χ0v) is 21.0. The Morgan fingerprint density at radius 2 is 1.82 bits per heavy atom. The van der Waals surface area contributed by atoms with E-state index in [1.165, 1.54) is 29.8 Å². The largest absolute Gasteiger partial charge is 0.372 e. The van der Waals surface area contributed by atoms with E-state index in [1.807, 2.05) is 23.9 Å². The van der Waals surface area contributed by atoms with Gasteiger partial charge in [-0.25, -0.2) is 13.8 Å². The third-order valence-electron chi connectivity index (χ3n) is 4.60. The number of aromatic nitrogens is 1. The fourth-order valence-electron chi connectivity index (χ4n) is 2.86. The lowest BCUT2D eigenvalue weighted by molar-refractivity contribution is 0.416. The number of benzene rings is 2. The molecule has 0 saturated carbocycles. The first-order valence-corrected chi connectivity index (χ1v) is 12.6. The lowest BCUT2D eigenvalue weighted by Gasteiger charge is -2.25. The topological polar surface area (TPSA) is 68.8 Å². The van der Waals surface area contributed by atoms with Crippen LogP contribution in [0.25, 0.3) is 0 Å². The smallest absolute Gasteiger partial charge is 0.283 e. The number of rotatable bonds is 9. The van der Waals surface area contributed by atoms with Gasteiger partial charge in [0.2, 0.25) is 5.13 Å². The van der Waals surface area contributed by atoms with Gasteiger partial charge in [-0.2, -0.15) is 8.42 Å². The molecule has 178 valence electrons. The van der Waals surface area contributed by atoms with Gasteiger partial charge in [0.1, 0.15) is 16.5 Å². The summed E-state index contributed by atoms with van der Waals surface area (Å²) in [5.41, 5.74) is 1.11. The maximum absolute atomic E-state index is 14.9. The SMILES string of the molecule is CN(C)CCN(C)c1cc(F)ccc1Nc1cc(F)c(S(=O)(=O)N(Cl)c2nccs2)cc1Cl. The van der Waals surface area contributed by atoms with Crippen LogP contribution in [-0.4, -0.2) is 52.5 Å². The Labute approximate surface area is 205 Å². The molecule has 13 heteroatoms. The Balaban J connectivity index is 1.93. The highest BCUT2D eigenvalue weighted by molar-refractivity contribution is 7.94. The van der Waals surface area contributed by atoms with Crippen molar-refractivity contribution < 1.29 is 17.2 Å². The monoisotopic (exact) mass is 535 g/mol. The maximum atomic E-state index is 14.9. The first-order valence-electron chi connectivity index (χ1n) is 9.53. The number of hydrogen-bond acceptors (Lipinski definition) is 7. The summed E-state index contributed by atoms with van der Waals surface area (Å²) in [4.78, 5) is 6.94. The zero-order valence-electron chi connectivity index (χ0n) is 17.9. The van der Waals surface area contributed by atoms with Crippen LogP contribution in [0.4, 0.5) is 31.0 Å². The number of anilines is 4. The molecule has 1 N–H and O–H groups in total. The van der Waals surface area contributed by atoms with Crippen molar-refractivity contribution in [1.82, 2.24) is 9.88 Å². The molecule has 2 aromatic carbocycles. The van der Waals surface area contributed by atoms with E-state index in [2.05, 4.69) is 10.3 Å². The summed E-state index contributed by atoms with van der Waals surface area (Å²) >= 11 is 13.2. The number of thiazole rings is 1. The Bertz CT molecular complexity index is 1230. The van der Waals surface area contributed by atoms with Crippen LogP contribution >= 0.6 is 34.7 Å². The molecular formula is C20H21Cl2F2N5O2S2. The standard InChI is InChI=1S/C20H21Cl2F2N5O2S2/c1-27(2)7-8-28(3)18-10-13(23)4-5-16(18)26-17-12-15(24)19(11-14(17)21)33(30,31)29(22)20-25-6-9-32-20/h4-6,9-12,26H,7-8H2,1-3H3. The second kappa shape index (κ2) is 10.4. The summed E-state index contributed by atoms with van der Waals surface area (Å²) in [5, 5.41) is 4.40. The third-order valence-corrected chi connectivity index (χ3v) is 8.06. The van der Waals surface area contributed by atoms with Crippen LogP contribution in [0.1, 0.15) is 0 Å². The lowest BCUT2D eigenvalue weighted by Crippen LogP contribution is -2.29. The van der Waals surface area contributed by atoms with Gasteiger partial charge in [-0.3, -0.25) is 0 Å². The molecule has 1 aromatic heterocycles. The summed E-state index contributed by atoms with van der Waals surface area (Å²) in [6, 6.07) is 6.03. The molecule has 0 spiro atoms. The number of nitrogens with one attached hydrogen (secondary N) is 1. The van der Waals surface area contributed by atoms with Crippen molar-refractivity contribution in [3.8, 4) is 0 Å². The van der Waals surface area contributed by atoms with Crippen LogP contribution in [0.2, 0.25) is 5.02 Å². The maximum Gasteiger partial charge on any atom is 0.283 e. The van der Waals surface area contributed by atoms with E-state index in [4.69, 9.17) is 23.4 Å². The van der Waals surface area contributed by atoms with Crippen LogP contribution in [0.5, 0.6) is 0 Å². The van der Waals surface area contributed by atoms with Crippen LogP contribution in [0.15, 0.2) is 46.8 Å². The van der Waals surface area contributed by atoms with Gasteiger partial charge >= 0.3 is 0 Å². The van der Waals surface area contributed by atoms with Crippen molar-refractivity contribution in [2.75, 3.05) is 48.3 Å². The summed E-state index contributed by atoms with van der Waals surface area (Å²) in [5.74, 6) is -1.50. The molecule has 0 bridgehead atoms. The van der Waals surface area contributed by atoms with Crippen LogP contribution < -0.4 is 14.0 Å². The number of halogens is 4. The van der Waals surface area contributed by atoms with E-state index in [0.717, 1.165) is 30.0 Å². The Hall–Kier alpha value is -2.18. The first-order chi connectivity index (χ1) is 15.5. The minimum absolute atomic E-state index is 0.0360. The highest BCUT2D eigenvalue weighted by Crippen LogP contribution is 2.36. The second-order valence-corrected chi connectivity index (χ2v) is 10.9. The number of hydrogen-bond donors (Lipinski definition) is 1. The van der Waals surface area contributed by atoms with Crippen molar-refractivity contribution in [2.45, 2.75) is 4.90 Å². The molecule has 0 aliphatic rings. The fraction of sp³-hybridized carbons (Fsp3) is 0.250. The van der Waals surface area contributed by atoms with E-state index >= 15 is 0 Å². The van der Waals surface area contributed by atoms with E-state index in [9.17, 15) is 17.2 Å². The fourth-order valence-corrected chi connectivity index (χ4v) is 5.39. The summed E-state index contributed by atoms with van der Waals surface area (Å²) in [6.07, 6.45) is 1.37. The van der Waals surface area contributed by atoms with Crippen molar-refractivity contribution >= 4 is 66.9 Å². The number of sulfonamides is 1. The predicted molar refractivity (Wildman–Crippen MR) is 131 cm³/mol. The van der Waals surface area contributed by atoms with Gasteiger partial charge in [0.05, 0.1) is 22.1 Å². The Kier molecular flexibility index (Phi) is 8.01. The van der Waals surface area contributed by atoms with Crippen molar-refractivity contribution in [3.05, 3.63) is 58.6 Å². The summed E-state index contributed by atoms with van der Waals surface area (Å²) in [6.45, 7) is 1.33. The number of nitrogens with zero attached hydrogens (tertiary/aromatic N) is 4. The first kappa shape index (κ1) is 25.4. The van der Waals surface area contributed by atoms with Gasteiger partial charge in [-0.1, -0.05) is 11.6 Å². The molecule has 33 heavy (non-hydrogen) atoms. The average Bonchev–Trinajstić information content (AvgIpc) is 3.29. The predicted octanol–water partition coefficient (Wildman–Crippen LogP) is 5.17. The normalized spacial score (nSPS) is 11.6. The van der Waals surface area contributed by atoms with E-state index in [1.54, 1.807) is 7.05 Å². The van der Waals surface area contributed by atoms with Gasteiger partial charge in [0, 0.05) is 49.6 Å². The van der Waals surface area contributed by atoms with E-state index < -0.39 is 26.6 Å². The summed E-state index contributed by atoms with van der Waals surface area (Å²) < 4.78 is 54.7. The molecule has 0 radical (unpaired) electrons. The highest BCUT2D eigenvalue weighted by Gasteiger charge is 2.30. The Morgan fingerprint density at radius 3 is 2.45 bits per heavy atom. The van der Waals surface area contributed by atoms with Crippen LogP contribution in [0.3, 0.4) is 0 Å². The molecule has 0 atom stereocenters. The molecule has 1 heterocycles. The molecule has 0 unspecified atom stereocenters. The van der Waals surface area contributed by atoms with Crippen molar-refractivity contribution in [2.24, 2.45) is 0 Å². The lowest BCUT2D eigenvalue weighted by atomic mass is 10.2. The van der Waals surface area contributed by atoms with Gasteiger partial charge in [0.15, 0.2) is 0 Å². The van der Waals surface area contributed by atoms with Crippen LogP contribution in [-0.2, 0) is 10.0 Å². The summed E-state index contributed by atoms with van der Waals surface area (Å²) in [7, 11) is 1.20. The van der Waals surface area contributed by atoms with Crippen molar-refractivity contribution in [1.29, 1.82) is 0 Å². The molecule has 7 nitrogen and oxygen atoms in total. The second-order valence-electron chi connectivity index (χ2n) is 7.31. The average molecular weight is 536 g/mol. The quantitative estimate of drug-likeness (QED) is 0.381. The minimum atomic E-state index is -4.45. The van der Waals surface area contributed by atoms with Crippen LogP contribution in [0, 0.1) is 11.6 Å². The third kappa shape index (κ3) is 5.85. The van der Waals surface area contributed by atoms with Crippen molar-refractivity contribution in [3.63, 3.8) is 0 Å². The molecule has 3 aromatic rings. The molecule has 0 fully saturated rings. The van der Waals surface area contributed by atoms with Gasteiger partial charge in [-0.15, -0.1) is 15.2 Å². The van der Waals surface area contributed by atoms with Gasteiger partial charge < -0.3 is 15.1 Å². The molecule has 0 aliphatic carbocycles. The van der Waals surface area contributed by atoms with Gasteiger partial charge in [-0.05, 0) is 38.4 Å². The number of likely N-dealkylation sites (N-methyl/N-ethyl adjacent to an activating group) is 2. The molecule has 3 rings (SSSR count). The highest BCUT2D eigenvalue weighted by atomic mass is 35.5. The zero-order chi connectivity index (χ0) is 24.3. The van der Waals surface area contributed by atoms with E-state index in [0.29, 0.717) is 21.7 Å². The van der Waals surface area contributed by atoms with Gasteiger partial charge in [0.25, 0.3) is 10.0 Å². The van der Waals surface area contributed by atoms with E-state index in [-0.39, 0.29) is 15.8 Å². The molecular weight excluding hydrogens is 515 g/mol. The Morgan fingerprint density at radius 1 is 1.09 bits per heavy atom. The molecule has 0 amide bonds. The molecule has 0 saturated heterocycles. The minimum Gasteiger partial charge on any atom is -0.372 e.